The van der Waals surface area contributed by atoms with Crippen LogP contribution in [0.25, 0.3) is 0 Å². The van der Waals surface area contributed by atoms with Crippen LogP contribution in [-0.2, 0) is 0 Å². The van der Waals surface area contributed by atoms with E-state index in [9.17, 15) is 18.0 Å². The molecule has 0 bridgehead atoms. The molecule has 0 aromatic heterocycles. The monoisotopic (exact) mass is 200 g/mol. The largest absolute Gasteiger partial charge is 0.294 e. The Morgan fingerprint density at radius 1 is 1.21 bits per heavy atom. The Balaban J connectivity index is 2.45. The van der Waals surface area contributed by atoms with Crippen LogP contribution in [0.1, 0.15) is 23.2 Å². The van der Waals surface area contributed by atoms with E-state index in [1.165, 1.54) is 0 Å². The van der Waals surface area contributed by atoms with Gasteiger partial charge in [-0.3, -0.25) is 4.79 Å². The molecule has 0 saturated heterocycles. The minimum atomic E-state index is -1.31. The Kier molecular flexibility index (Phi) is 2.06. The van der Waals surface area contributed by atoms with Gasteiger partial charge in [0, 0.05) is 12.0 Å². The first-order valence-corrected chi connectivity index (χ1v) is 4.28. The van der Waals surface area contributed by atoms with Crippen LogP contribution in [0.5, 0.6) is 0 Å². The van der Waals surface area contributed by atoms with E-state index in [4.69, 9.17) is 0 Å². The average Bonchev–Trinajstić information content (AvgIpc) is 2.93. The zero-order chi connectivity index (χ0) is 10.3. The molecule has 0 spiro atoms. The van der Waals surface area contributed by atoms with E-state index in [-0.39, 0.29) is 5.92 Å². The van der Waals surface area contributed by atoms with Gasteiger partial charge in [-0.05, 0) is 18.9 Å². The van der Waals surface area contributed by atoms with Crippen molar-refractivity contribution in [1.82, 2.24) is 0 Å². The standard InChI is InChI=1S/C10H7F3O/c11-6-3-7(9(13)8(12)4-6)10(14)5-1-2-5/h3-5H,1-2H2. The van der Waals surface area contributed by atoms with Gasteiger partial charge in [0.05, 0.1) is 5.56 Å². The third kappa shape index (κ3) is 1.52. The number of hydrogen-bond acceptors (Lipinski definition) is 1. The minimum absolute atomic E-state index is 0.245. The van der Waals surface area contributed by atoms with Crippen molar-refractivity contribution < 1.29 is 18.0 Å². The van der Waals surface area contributed by atoms with Crippen molar-refractivity contribution in [3.05, 3.63) is 35.1 Å². The smallest absolute Gasteiger partial charge is 0.169 e. The number of ketones is 1. The fraction of sp³-hybridized carbons (Fsp3) is 0.300. The summed E-state index contributed by atoms with van der Waals surface area (Å²) in [6, 6.07) is 1.18. The molecule has 0 amide bonds. The molecule has 1 saturated carbocycles. The molecule has 1 fully saturated rings. The molecule has 2 rings (SSSR count). The van der Waals surface area contributed by atoms with Gasteiger partial charge in [0.25, 0.3) is 0 Å². The van der Waals surface area contributed by atoms with Crippen molar-refractivity contribution in [2.24, 2.45) is 5.92 Å². The number of hydrogen-bond donors (Lipinski definition) is 0. The zero-order valence-electron chi connectivity index (χ0n) is 7.19. The van der Waals surface area contributed by atoms with E-state index in [1.807, 2.05) is 0 Å². The van der Waals surface area contributed by atoms with E-state index < -0.39 is 28.8 Å². The summed E-state index contributed by atoms with van der Waals surface area (Å²) in [5.74, 6) is -4.23. The molecule has 1 aromatic carbocycles. The lowest BCUT2D eigenvalue weighted by atomic mass is 10.1. The Bertz CT molecular complexity index is 397. The molecule has 1 nitrogen and oxygen atoms in total. The summed E-state index contributed by atoms with van der Waals surface area (Å²) in [5, 5.41) is 0. The van der Waals surface area contributed by atoms with E-state index >= 15 is 0 Å². The maximum atomic E-state index is 13.1. The third-order valence-corrected chi connectivity index (χ3v) is 2.21. The molecule has 14 heavy (non-hydrogen) atoms. The van der Waals surface area contributed by atoms with Gasteiger partial charge < -0.3 is 0 Å². The van der Waals surface area contributed by atoms with Gasteiger partial charge in [-0.25, -0.2) is 13.2 Å². The third-order valence-electron chi connectivity index (χ3n) is 2.21. The average molecular weight is 200 g/mol. The quantitative estimate of drug-likeness (QED) is 0.529. The Labute approximate surface area is 78.5 Å². The van der Waals surface area contributed by atoms with Gasteiger partial charge in [-0.1, -0.05) is 0 Å². The number of rotatable bonds is 2. The molecule has 0 N–H and O–H groups in total. The maximum Gasteiger partial charge on any atom is 0.169 e. The number of carbonyl (C=O) groups excluding carboxylic acids is 1. The first kappa shape index (κ1) is 9.24. The molecule has 1 aromatic rings. The predicted octanol–water partition coefficient (Wildman–Crippen LogP) is 2.70. The first-order valence-electron chi connectivity index (χ1n) is 4.28. The van der Waals surface area contributed by atoms with Gasteiger partial charge in [0.1, 0.15) is 5.82 Å². The second-order valence-corrected chi connectivity index (χ2v) is 3.39. The summed E-state index contributed by atoms with van der Waals surface area (Å²) in [6.07, 6.45) is 1.35. The van der Waals surface area contributed by atoms with E-state index in [0.29, 0.717) is 18.9 Å². The normalized spacial score (nSPS) is 15.6. The van der Waals surface area contributed by atoms with Crippen molar-refractivity contribution >= 4 is 5.78 Å². The summed E-state index contributed by atoms with van der Waals surface area (Å²) in [7, 11) is 0. The first-order chi connectivity index (χ1) is 6.59. The fourth-order valence-corrected chi connectivity index (χ4v) is 1.30. The molecule has 0 unspecified atom stereocenters. The van der Waals surface area contributed by atoms with Crippen molar-refractivity contribution in [2.45, 2.75) is 12.8 Å². The van der Waals surface area contributed by atoms with Crippen LogP contribution < -0.4 is 0 Å². The van der Waals surface area contributed by atoms with Gasteiger partial charge in [0.15, 0.2) is 17.4 Å². The zero-order valence-corrected chi connectivity index (χ0v) is 7.19. The van der Waals surface area contributed by atoms with Crippen LogP contribution in [-0.4, -0.2) is 5.78 Å². The fourth-order valence-electron chi connectivity index (χ4n) is 1.30. The van der Waals surface area contributed by atoms with Crippen molar-refractivity contribution in [3.8, 4) is 0 Å². The molecule has 0 radical (unpaired) electrons. The molecule has 0 atom stereocenters. The van der Waals surface area contributed by atoms with E-state index in [0.717, 1.165) is 6.07 Å². The van der Waals surface area contributed by atoms with Crippen LogP contribution in [0, 0.1) is 23.4 Å². The van der Waals surface area contributed by atoms with E-state index in [1.54, 1.807) is 0 Å². The second kappa shape index (κ2) is 3.12. The number of halogens is 3. The van der Waals surface area contributed by atoms with Gasteiger partial charge >= 0.3 is 0 Å². The Hall–Kier alpha value is -1.32. The summed E-state index contributed by atoms with van der Waals surface area (Å²) in [4.78, 5) is 11.4. The maximum absolute atomic E-state index is 13.1. The van der Waals surface area contributed by atoms with Crippen LogP contribution in [0.4, 0.5) is 13.2 Å². The topological polar surface area (TPSA) is 17.1 Å². The highest BCUT2D eigenvalue weighted by atomic mass is 19.2. The number of benzene rings is 1. The SMILES string of the molecule is O=C(c1cc(F)cc(F)c1F)C1CC1. The molecular formula is C10H7F3O. The predicted molar refractivity (Wildman–Crippen MR) is 43.4 cm³/mol. The minimum Gasteiger partial charge on any atom is -0.294 e. The molecule has 1 aliphatic rings. The Morgan fingerprint density at radius 2 is 1.86 bits per heavy atom. The number of carbonyl (C=O) groups is 1. The van der Waals surface area contributed by atoms with Crippen LogP contribution in [0.2, 0.25) is 0 Å². The lowest BCUT2D eigenvalue weighted by molar-refractivity contribution is 0.0962. The molecule has 74 valence electrons. The summed E-state index contributed by atoms with van der Waals surface area (Å²) < 4.78 is 38.5. The summed E-state index contributed by atoms with van der Waals surface area (Å²) >= 11 is 0. The van der Waals surface area contributed by atoms with Crippen LogP contribution in [0.3, 0.4) is 0 Å². The Morgan fingerprint density at radius 3 is 2.43 bits per heavy atom. The van der Waals surface area contributed by atoms with Gasteiger partial charge in [-0.2, -0.15) is 0 Å². The highest BCUT2D eigenvalue weighted by Gasteiger charge is 2.33. The molecule has 0 heterocycles. The summed E-state index contributed by atoms with van der Waals surface area (Å²) in [6.45, 7) is 0. The lowest BCUT2D eigenvalue weighted by Crippen LogP contribution is -2.07. The van der Waals surface area contributed by atoms with Crippen molar-refractivity contribution in [2.75, 3.05) is 0 Å². The van der Waals surface area contributed by atoms with Gasteiger partial charge in [0.2, 0.25) is 0 Å². The molecule has 0 aliphatic heterocycles. The summed E-state index contributed by atoms with van der Waals surface area (Å²) in [5.41, 5.74) is -0.468. The van der Waals surface area contributed by atoms with Crippen molar-refractivity contribution in [3.63, 3.8) is 0 Å². The number of Topliss-reactive ketones (excluding diaryl/α,β-unsaturated/α-hetero) is 1. The molecular weight excluding hydrogens is 193 g/mol. The molecule has 1 aliphatic carbocycles. The lowest BCUT2D eigenvalue weighted by Gasteiger charge is -2.02. The highest BCUT2D eigenvalue weighted by Crippen LogP contribution is 2.33. The molecule has 4 heteroatoms. The van der Waals surface area contributed by atoms with Crippen molar-refractivity contribution in [1.29, 1.82) is 0 Å². The van der Waals surface area contributed by atoms with E-state index in [2.05, 4.69) is 0 Å². The highest BCUT2D eigenvalue weighted by molar-refractivity contribution is 5.99. The van der Waals surface area contributed by atoms with Crippen LogP contribution in [0.15, 0.2) is 12.1 Å². The second-order valence-electron chi connectivity index (χ2n) is 3.39. The van der Waals surface area contributed by atoms with Crippen LogP contribution >= 0.6 is 0 Å². The van der Waals surface area contributed by atoms with Gasteiger partial charge in [-0.15, -0.1) is 0 Å².